The van der Waals surface area contributed by atoms with Crippen molar-refractivity contribution in [1.82, 2.24) is 15.3 Å². The molecule has 0 saturated carbocycles. The predicted molar refractivity (Wildman–Crippen MR) is 96.1 cm³/mol. The zero-order chi connectivity index (χ0) is 17.5. The molecule has 132 valence electrons. The minimum Gasteiger partial charge on any atom is -0.391 e. The quantitative estimate of drug-likeness (QED) is 0.837. The Kier molecular flexibility index (Phi) is 5.95. The van der Waals surface area contributed by atoms with Gasteiger partial charge in [-0.05, 0) is 37.0 Å². The Hall–Kier alpha value is -2.47. The third-order valence-corrected chi connectivity index (χ3v) is 4.40. The normalized spacial score (nSPS) is 17.3. The van der Waals surface area contributed by atoms with E-state index in [1.54, 1.807) is 18.6 Å². The smallest absolute Gasteiger partial charge is 0.220 e. The number of piperidine rings is 1. The van der Waals surface area contributed by atoms with E-state index in [1.165, 1.54) is 0 Å². The molecule has 0 bridgehead atoms. The summed E-state index contributed by atoms with van der Waals surface area (Å²) in [5, 5.41) is 12.9. The molecule has 2 aromatic heterocycles. The number of hydrogen-bond acceptors (Lipinski definition) is 5. The average Bonchev–Trinajstić information content (AvgIpc) is 2.66. The van der Waals surface area contributed by atoms with E-state index < -0.39 is 0 Å². The number of hydrogen-bond donors (Lipinski definition) is 2. The lowest BCUT2D eigenvalue weighted by atomic mass is 10.1. The summed E-state index contributed by atoms with van der Waals surface area (Å²) in [7, 11) is 0. The summed E-state index contributed by atoms with van der Waals surface area (Å²) in [5.74, 6) is 0.867. The van der Waals surface area contributed by atoms with Crippen molar-refractivity contribution in [3.8, 4) is 0 Å². The van der Waals surface area contributed by atoms with E-state index in [0.29, 0.717) is 25.9 Å². The molecule has 1 fully saturated rings. The van der Waals surface area contributed by atoms with Crippen molar-refractivity contribution < 1.29 is 9.90 Å². The van der Waals surface area contributed by atoms with Crippen LogP contribution in [0.1, 0.15) is 30.4 Å². The summed E-state index contributed by atoms with van der Waals surface area (Å²) in [6.45, 7) is 1.93. The Morgan fingerprint density at radius 2 is 2.20 bits per heavy atom. The Labute approximate surface area is 147 Å². The van der Waals surface area contributed by atoms with Crippen LogP contribution in [-0.4, -0.2) is 40.2 Å². The van der Waals surface area contributed by atoms with Crippen molar-refractivity contribution in [2.75, 3.05) is 18.0 Å². The number of anilines is 1. The molecule has 1 unspecified atom stereocenters. The molecule has 1 amide bonds. The number of pyridine rings is 2. The molecular weight excluding hydrogens is 316 g/mol. The standard InChI is InChI=1S/C19H24N4O2/c24-17-6-3-11-23(14-17)19-16(5-2-10-21-19)13-22-18(25)8-7-15-4-1-9-20-12-15/h1-2,4-5,9-10,12,17,24H,3,6-8,11,13-14H2,(H,22,25). The number of rotatable bonds is 6. The van der Waals surface area contributed by atoms with Crippen LogP contribution in [0.2, 0.25) is 0 Å². The van der Waals surface area contributed by atoms with Crippen LogP contribution in [0.4, 0.5) is 5.82 Å². The molecule has 1 saturated heterocycles. The number of carbonyl (C=O) groups is 1. The van der Waals surface area contributed by atoms with Crippen molar-refractivity contribution in [3.63, 3.8) is 0 Å². The van der Waals surface area contributed by atoms with Gasteiger partial charge in [-0.25, -0.2) is 4.98 Å². The fourth-order valence-electron chi connectivity index (χ4n) is 3.09. The van der Waals surface area contributed by atoms with Gasteiger partial charge in [-0.3, -0.25) is 9.78 Å². The third-order valence-electron chi connectivity index (χ3n) is 4.40. The summed E-state index contributed by atoms with van der Waals surface area (Å²) in [4.78, 5) is 22.7. The van der Waals surface area contributed by atoms with Crippen LogP contribution in [0.15, 0.2) is 42.9 Å². The topological polar surface area (TPSA) is 78.4 Å². The van der Waals surface area contributed by atoms with E-state index in [-0.39, 0.29) is 12.0 Å². The SMILES string of the molecule is O=C(CCc1cccnc1)NCc1cccnc1N1CCCC(O)C1. The zero-order valence-corrected chi connectivity index (χ0v) is 14.3. The number of aliphatic hydroxyl groups is 1. The van der Waals surface area contributed by atoms with Gasteiger partial charge in [-0.1, -0.05) is 12.1 Å². The molecule has 3 heterocycles. The lowest BCUT2D eigenvalue weighted by Gasteiger charge is -2.32. The Morgan fingerprint density at radius 1 is 1.32 bits per heavy atom. The van der Waals surface area contributed by atoms with Gasteiger partial charge in [0.25, 0.3) is 0 Å². The molecule has 0 aromatic carbocycles. The first-order chi connectivity index (χ1) is 12.2. The highest BCUT2D eigenvalue weighted by molar-refractivity contribution is 5.76. The van der Waals surface area contributed by atoms with Gasteiger partial charge in [0.05, 0.1) is 6.10 Å². The van der Waals surface area contributed by atoms with Crippen LogP contribution < -0.4 is 10.2 Å². The van der Waals surface area contributed by atoms with Gasteiger partial charge in [-0.2, -0.15) is 0 Å². The lowest BCUT2D eigenvalue weighted by Crippen LogP contribution is -2.39. The molecule has 1 aliphatic heterocycles. The first-order valence-corrected chi connectivity index (χ1v) is 8.75. The average molecular weight is 340 g/mol. The number of nitrogens with one attached hydrogen (secondary N) is 1. The summed E-state index contributed by atoms with van der Waals surface area (Å²) >= 11 is 0. The maximum absolute atomic E-state index is 12.1. The molecule has 3 rings (SSSR count). The van der Waals surface area contributed by atoms with Crippen molar-refractivity contribution >= 4 is 11.7 Å². The Bertz CT molecular complexity index is 693. The van der Waals surface area contributed by atoms with Crippen LogP contribution in [0.3, 0.4) is 0 Å². The van der Waals surface area contributed by atoms with Gasteiger partial charge in [0.15, 0.2) is 0 Å². The minimum absolute atomic E-state index is 0.0114. The minimum atomic E-state index is -0.308. The number of β-amino-alcohol motifs (C(OH)–C–C–N with tert-alkyl or cyclic N) is 1. The fourth-order valence-corrected chi connectivity index (χ4v) is 3.09. The van der Waals surface area contributed by atoms with Crippen molar-refractivity contribution in [2.45, 2.75) is 38.3 Å². The number of amides is 1. The molecule has 2 N–H and O–H groups in total. The molecule has 0 aliphatic carbocycles. The number of aryl methyl sites for hydroxylation is 1. The predicted octanol–water partition coefficient (Wildman–Crippen LogP) is 1.69. The summed E-state index contributed by atoms with van der Waals surface area (Å²) in [6, 6.07) is 7.70. The Balaban J connectivity index is 1.55. The van der Waals surface area contributed by atoms with E-state index in [2.05, 4.69) is 20.2 Å². The van der Waals surface area contributed by atoms with Crippen molar-refractivity contribution in [1.29, 1.82) is 0 Å². The monoisotopic (exact) mass is 340 g/mol. The van der Waals surface area contributed by atoms with Crippen LogP contribution in [0.25, 0.3) is 0 Å². The summed E-state index contributed by atoms with van der Waals surface area (Å²) in [5.41, 5.74) is 2.04. The summed E-state index contributed by atoms with van der Waals surface area (Å²) in [6.07, 6.45) is 7.86. The second kappa shape index (κ2) is 8.58. The van der Waals surface area contributed by atoms with Crippen LogP contribution >= 0.6 is 0 Å². The molecule has 0 spiro atoms. The molecule has 1 atom stereocenters. The maximum atomic E-state index is 12.1. The molecule has 0 radical (unpaired) electrons. The summed E-state index contributed by atoms with van der Waals surface area (Å²) < 4.78 is 0. The number of carbonyl (C=O) groups excluding carboxylic acids is 1. The molecule has 6 heteroatoms. The Morgan fingerprint density at radius 3 is 3.00 bits per heavy atom. The van der Waals surface area contributed by atoms with E-state index in [9.17, 15) is 9.90 Å². The van der Waals surface area contributed by atoms with E-state index in [4.69, 9.17) is 0 Å². The fraction of sp³-hybridized carbons (Fsp3) is 0.421. The van der Waals surface area contributed by atoms with Crippen molar-refractivity contribution in [2.24, 2.45) is 0 Å². The molecular formula is C19H24N4O2. The highest BCUT2D eigenvalue weighted by Crippen LogP contribution is 2.21. The van der Waals surface area contributed by atoms with Gasteiger partial charge in [-0.15, -0.1) is 0 Å². The molecule has 25 heavy (non-hydrogen) atoms. The van der Waals surface area contributed by atoms with Gasteiger partial charge < -0.3 is 15.3 Å². The largest absolute Gasteiger partial charge is 0.391 e. The van der Waals surface area contributed by atoms with Crippen LogP contribution in [-0.2, 0) is 17.8 Å². The van der Waals surface area contributed by atoms with Crippen molar-refractivity contribution in [3.05, 3.63) is 54.0 Å². The number of aliphatic hydroxyl groups excluding tert-OH is 1. The van der Waals surface area contributed by atoms with E-state index in [1.807, 2.05) is 24.3 Å². The highest BCUT2D eigenvalue weighted by atomic mass is 16.3. The van der Waals surface area contributed by atoms with E-state index >= 15 is 0 Å². The van der Waals surface area contributed by atoms with Gasteiger partial charge in [0.1, 0.15) is 5.82 Å². The first kappa shape index (κ1) is 17.4. The van der Waals surface area contributed by atoms with Gasteiger partial charge >= 0.3 is 0 Å². The number of nitrogens with zero attached hydrogens (tertiary/aromatic N) is 3. The van der Waals surface area contributed by atoms with Gasteiger partial charge in [0.2, 0.25) is 5.91 Å². The molecule has 1 aliphatic rings. The van der Waals surface area contributed by atoms with Crippen LogP contribution in [0, 0.1) is 0 Å². The first-order valence-electron chi connectivity index (χ1n) is 8.75. The second-order valence-electron chi connectivity index (χ2n) is 6.37. The number of aromatic nitrogens is 2. The molecule has 2 aromatic rings. The van der Waals surface area contributed by atoms with E-state index in [0.717, 1.165) is 36.3 Å². The second-order valence-corrected chi connectivity index (χ2v) is 6.37. The van der Waals surface area contributed by atoms with Gasteiger partial charge in [0, 0.05) is 50.2 Å². The highest BCUT2D eigenvalue weighted by Gasteiger charge is 2.20. The van der Waals surface area contributed by atoms with Crippen LogP contribution in [0.5, 0.6) is 0 Å². The third kappa shape index (κ3) is 5.00. The molecule has 6 nitrogen and oxygen atoms in total. The lowest BCUT2D eigenvalue weighted by molar-refractivity contribution is -0.121. The zero-order valence-electron chi connectivity index (χ0n) is 14.3. The maximum Gasteiger partial charge on any atom is 0.220 e.